The molecule has 1 aliphatic heterocycles. The molecule has 1 amide bonds. The van der Waals surface area contributed by atoms with Gasteiger partial charge in [0.05, 0.1) is 11.8 Å². The highest BCUT2D eigenvalue weighted by atomic mass is 16.4. The normalized spacial score (nSPS) is 24.8. The van der Waals surface area contributed by atoms with Crippen LogP contribution in [0.3, 0.4) is 0 Å². The number of piperazine rings is 1. The van der Waals surface area contributed by atoms with E-state index in [0.29, 0.717) is 19.5 Å². The van der Waals surface area contributed by atoms with Crippen LogP contribution in [0.25, 0.3) is 6.08 Å². The summed E-state index contributed by atoms with van der Waals surface area (Å²) in [6, 6.07) is 10.2. The Morgan fingerprint density at radius 1 is 1.09 bits per heavy atom. The van der Waals surface area contributed by atoms with Gasteiger partial charge in [-0.15, -0.1) is 0 Å². The topological polar surface area (TPSA) is 60.9 Å². The lowest BCUT2D eigenvalue weighted by Gasteiger charge is -2.34. The lowest BCUT2D eigenvalue weighted by Crippen LogP contribution is -2.49. The maximum atomic E-state index is 12.2. The number of benzene rings is 1. The number of hydrogen-bond acceptors (Lipinski definition) is 3. The Balaban J connectivity index is 1.41. The van der Waals surface area contributed by atoms with Crippen LogP contribution in [0.4, 0.5) is 0 Å². The molecule has 1 aliphatic carbocycles. The summed E-state index contributed by atoms with van der Waals surface area (Å²) in [6.07, 6.45) is 4.77. The fourth-order valence-corrected chi connectivity index (χ4v) is 3.03. The Morgan fingerprint density at radius 3 is 2.39 bits per heavy atom. The standard InChI is InChI=1S/C18H22N2O3/c21-17(15-13-16(15)18(22)23)20-11-9-19(10-12-20)8-4-7-14-5-2-1-3-6-14/h1-7,15-16H,8-13H2,(H,22,23). The maximum absolute atomic E-state index is 12.2. The highest BCUT2D eigenvalue weighted by Crippen LogP contribution is 2.40. The first-order valence-electron chi connectivity index (χ1n) is 8.10. The van der Waals surface area contributed by atoms with E-state index >= 15 is 0 Å². The minimum atomic E-state index is -0.840. The van der Waals surface area contributed by atoms with Crippen molar-refractivity contribution in [1.29, 1.82) is 0 Å². The highest BCUT2D eigenvalue weighted by molar-refractivity contribution is 5.89. The number of carboxylic acid groups (broad SMARTS) is 1. The van der Waals surface area contributed by atoms with Crippen LogP contribution in [0, 0.1) is 11.8 Å². The molecule has 0 radical (unpaired) electrons. The van der Waals surface area contributed by atoms with E-state index in [4.69, 9.17) is 5.11 Å². The SMILES string of the molecule is O=C(O)C1CC1C(=O)N1CCN(CC=Cc2ccccc2)CC1. The fraction of sp³-hybridized carbons (Fsp3) is 0.444. The molecule has 0 bridgehead atoms. The predicted octanol–water partition coefficient (Wildman–Crippen LogP) is 1.56. The third kappa shape index (κ3) is 3.99. The number of rotatable bonds is 5. The molecular formula is C18H22N2O3. The fourth-order valence-electron chi connectivity index (χ4n) is 3.03. The van der Waals surface area contributed by atoms with Crippen molar-refractivity contribution in [2.24, 2.45) is 11.8 Å². The molecular weight excluding hydrogens is 292 g/mol. The molecule has 2 aliphatic rings. The summed E-state index contributed by atoms with van der Waals surface area (Å²) in [5.41, 5.74) is 1.19. The molecule has 1 saturated carbocycles. The van der Waals surface area contributed by atoms with Gasteiger partial charge in [-0.1, -0.05) is 42.5 Å². The van der Waals surface area contributed by atoms with Crippen molar-refractivity contribution in [1.82, 2.24) is 9.80 Å². The Hall–Kier alpha value is -2.14. The van der Waals surface area contributed by atoms with E-state index < -0.39 is 11.9 Å². The number of carbonyl (C=O) groups is 2. The molecule has 2 atom stereocenters. The van der Waals surface area contributed by atoms with E-state index in [9.17, 15) is 9.59 Å². The van der Waals surface area contributed by atoms with Crippen molar-refractivity contribution in [3.63, 3.8) is 0 Å². The highest BCUT2D eigenvalue weighted by Gasteiger charge is 2.49. The summed E-state index contributed by atoms with van der Waals surface area (Å²) in [5.74, 6) is -1.55. The van der Waals surface area contributed by atoms with E-state index in [0.717, 1.165) is 19.6 Å². The number of aliphatic carboxylic acids is 1. The van der Waals surface area contributed by atoms with Crippen LogP contribution < -0.4 is 0 Å². The second-order valence-corrected chi connectivity index (χ2v) is 6.23. The molecule has 23 heavy (non-hydrogen) atoms. The third-order valence-electron chi connectivity index (χ3n) is 4.58. The Kier molecular flexibility index (Phi) is 4.76. The van der Waals surface area contributed by atoms with Crippen LogP contribution in [0.2, 0.25) is 0 Å². The number of carboxylic acids is 1. The van der Waals surface area contributed by atoms with E-state index in [1.54, 1.807) is 0 Å². The zero-order valence-corrected chi connectivity index (χ0v) is 13.1. The maximum Gasteiger partial charge on any atom is 0.307 e. The number of hydrogen-bond donors (Lipinski definition) is 1. The third-order valence-corrected chi connectivity index (χ3v) is 4.58. The molecule has 0 spiro atoms. The van der Waals surface area contributed by atoms with Crippen molar-refractivity contribution in [3.8, 4) is 0 Å². The molecule has 5 nitrogen and oxygen atoms in total. The smallest absolute Gasteiger partial charge is 0.307 e. The molecule has 122 valence electrons. The minimum absolute atomic E-state index is 0.0249. The molecule has 1 aromatic carbocycles. The first-order chi connectivity index (χ1) is 11.1. The zero-order chi connectivity index (χ0) is 16.2. The Morgan fingerprint density at radius 2 is 1.78 bits per heavy atom. The van der Waals surface area contributed by atoms with Gasteiger partial charge in [0.25, 0.3) is 0 Å². The second-order valence-electron chi connectivity index (χ2n) is 6.23. The average Bonchev–Trinajstić information content (AvgIpc) is 3.37. The van der Waals surface area contributed by atoms with Crippen LogP contribution >= 0.6 is 0 Å². The van der Waals surface area contributed by atoms with Gasteiger partial charge in [0.1, 0.15) is 0 Å². The second kappa shape index (κ2) is 6.96. The van der Waals surface area contributed by atoms with Crippen molar-refractivity contribution in [2.45, 2.75) is 6.42 Å². The van der Waals surface area contributed by atoms with Gasteiger partial charge < -0.3 is 10.0 Å². The molecule has 1 N–H and O–H groups in total. The predicted molar refractivity (Wildman–Crippen MR) is 87.7 cm³/mol. The first kappa shape index (κ1) is 15.7. The summed E-state index contributed by atoms with van der Waals surface area (Å²) in [4.78, 5) is 27.2. The summed E-state index contributed by atoms with van der Waals surface area (Å²) >= 11 is 0. The Labute approximate surface area is 136 Å². The van der Waals surface area contributed by atoms with Gasteiger partial charge in [-0.3, -0.25) is 14.5 Å². The van der Waals surface area contributed by atoms with Gasteiger partial charge in [-0.05, 0) is 12.0 Å². The molecule has 2 fully saturated rings. The van der Waals surface area contributed by atoms with Gasteiger partial charge in [-0.25, -0.2) is 0 Å². The van der Waals surface area contributed by atoms with Crippen LogP contribution in [-0.2, 0) is 9.59 Å². The van der Waals surface area contributed by atoms with Crippen molar-refractivity contribution in [3.05, 3.63) is 42.0 Å². The zero-order valence-electron chi connectivity index (χ0n) is 13.1. The van der Waals surface area contributed by atoms with Gasteiger partial charge in [0, 0.05) is 32.7 Å². The Bertz CT molecular complexity index is 592. The van der Waals surface area contributed by atoms with Crippen LogP contribution in [0.15, 0.2) is 36.4 Å². The molecule has 1 heterocycles. The van der Waals surface area contributed by atoms with E-state index in [-0.39, 0.29) is 11.8 Å². The lowest BCUT2D eigenvalue weighted by atomic mass is 10.2. The van der Waals surface area contributed by atoms with Crippen LogP contribution in [0.1, 0.15) is 12.0 Å². The number of amides is 1. The summed E-state index contributed by atoms with van der Waals surface area (Å²) in [6.45, 7) is 3.95. The van der Waals surface area contributed by atoms with Gasteiger partial charge >= 0.3 is 5.97 Å². The minimum Gasteiger partial charge on any atom is -0.481 e. The largest absolute Gasteiger partial charge is 0.481 e. The van der Waals surface area contributed by atoms with Crippen LogP contribution in [0.5, 0.6) is 0 Å². The van der Waals surface area contributed by atoms with E-state index in [1.807, 2.05) is 23.1 Å². The molecule has 5 heteroatoms. The van der Waals surface area contributed by atoms with E-state index in [1.165, 1.54) is 5.56 Å². The van der Waals surface area contributed by atoms with E-state index in [2.05, 4.69) is 29.2 Å². The summed E-state index contributed by atoms with van der Waals surface area (Å²) in [7, 11) is 0. The summed E-state index contributed by atoms with van der Waals surface area (Å²) in [5, 5.41) is 8.92. The number of carbonyl (C=O) groups excluding carboxylic acids is 1. The molecule has 0 aromatic heterocycles. The summed E-state index contributed by atoms with van der Waals surface area (Å²) < 4.78 is 0. The van der Waals surface area contributed by atoms with Crippen LogP contribution in [-0.4, -0.2) is 59.5 Å². The van der Waals surface area contributed by atoms with Gasteiger partial charge in [0.2, 0.25) is 5.91 Å². The van der Waals surface area contributed by atoms with Gasteiger partial charge in [0.15, 0.2) is 0 Å². The molecule has 3 rings (SSSR count). The number of nitrogens with zero attached hydrogens (tertiary/aromatic N) is 2. The first-order valence-corrected chi connectivity index (χ1v) is 8.10. The molecule has 2 unspecified atom stereocenters. The monoisotopic (exact) mass is 314 g/mol. The molecule has 1 saturated heterocycles. The van der Waals surface area contributed by atoms with Crippen molar-refractivity contribution in [2.75, 3.05) is 32.7 Å². The van der Waals surface area contributed by atoms with Crippen molar-refractivity contribution < 1.29 is 14.7 Å². The lowest BCUT2D eigenvalue weighted by molar-refractivity contribution is -0.142. The molecule has 1 aromatic rings. The average molecular weight is 314 g/mol. The van der Waals surface area contributed by atoms with Gasteiger partial charge in [-0.2, -0.15) is 0 Å². The quantitative estimate of drug-likeness (QED) is 0.896. The van der Waals surface area contributed by atoms with Crippen molar-refractivity contribution >= 4 is 18.0 Å².